The smallest absolute Gasteiger partial charge is 0.310 e. The Kier molecular flexibility index (Phi) is 28.9. The van der Waals surface area contributed by atoms with Gasteiger partial charge >= 0.3 is 11.9 Å². The molecule has 24 nitrogen and oxygen atoms in total. The van der Waals surface area contributed by atoms with Crippen LogP contribution in [-0.4, -0.2) is 218 Å². The molecule has 0 spiro atoms. The van der Waals surface area contributed by atoms with Gasteiger partial charge in [0.2, 0.25) is 5.91 Å². The molecule has 0 saturated carbocycles. The van der Waals surface area contributed by atoms with E-state index in [0.29, 0.717) is 60.6 Å². The van der Waals surface area contributed by atoms with Crippen LogP contribution in [0.1, 0.15) is 170 Å². The summed E-state index contributed by atoms with van der Waals surface area (Å²) in [6, 6.07) is 32.4. The Morgan fingerprint density at radius 1 is 0.430 bits per heavy atom. The number of morpholine rings is 1. The molecule has 1 saturated heterocycles. The van der Waals surface area contributed by atoms with Crippen molar-refractivity contribution >= 4 is 74.5 Å². The number of nitrogens with zero attached hydrogens (tertiary/aromatic N) is 7. The lowest BCUT2D eigenvalue weighted by Crippen LogP contribution is -2.39. The van der Waals surface area contributed by atoms with Crippen molar-refractivity contribution in [2.45, 2.75) is 167 Å². The number of carbonyl (C=O) groups is 3. The number of ether oxygens (including phenoxy) is 8. The normalized spacial score (nSPS) is 19.6. The summed E-state index contributed by atoms with van der Waals surface area (Å²) in [6.07, 6.45) is 11.4. The van der Waals surface area contributed by atoms with Crippen LogP contribution in [0.25, 0.3) is 0 Å². The van der Waals surface area contributed by atoms with Crippen LogP contribution in [0.4, 0.5) is 0 Å². The fraction of sp³-hybridized carbons (Fsp3) is 0.465. The van der Waals surface area contributed by atoms with Gasteiger partial charge in [0.15, 0.2) is 57.5 Å². The van der Waals surface area contributed by atoms with Gasteiger partial charge < -0.3 is 73.4 Å². The zero-order chi connectivity index (χ0) is 88.6. The second kappa shape index (κ2) is 40.2. The van der Waals surface area contributed by atoms with Crippen LogP contribution in [0.15, 0.2) is 91.0 Å². The highest BCUT2D eigenvalue weighted by Crippen LogP contribution is 2.51. The van der Waals surface area contributed by atoms with Gasteiger partial charge in [-0.1, -0.05) is 13.5 Å². The third-order valence-electron chi connectivity index (χ3n) is 26.9. The standard InChI is InChI=1S/C23H30N2O3S.C20H24N2O3S.C19H21NO4S.C18H19NO4S.C18H21NO3S.CH4/c1-16-13-18-20-14-17-3-4-21(28-12-9-24-7-10-27-11-8-24)23(26-2)19(17)15-25(20)6-5-22(18)29-16;1-21(2)20(24)8-14-6-13-11-22-5-4-12-7-18(25-3)17(23)9-15(12)16(22)10-19(13)26-14;1-23-17-6-11-3-4-20-10-12-5-13(7-19(22)24-2)25-18(12)9-15(20)14(11)8-16(17)21;1-23-16-5-10-2-3-19-9-11-4-12(6-18(21)22)24-17(11)8-14(19)13(10)7-15(16)20;1-22-17-7-11-2-4-19-10-12-6-13(3-5-20)23-18(12)9-15(19)14(11)8-16(17)21;/h3-4,13,20H,5-12,14-15H2,1-2H3;6-7,9,16,23H,4-5,8,10-11H2,1-3H3;5-6,8,15,21H,3-4,7,9-10H2,1-2H3;4-5,7,14,20H,2-3,6,8-9H2,1H3,(H,21,22);6-8,15,20-21H,2-5,9-10H2,1H3;1H4/t20-;16-;15-;14-;15-;/m00000./s1. The molecule has 11 aliphatic rings. The Morgan fingerprint density at radius 3 is 1.23 bits per heavy atom. The number of rotatable bonds is 17. The van der Waals surface area contributed by atoms with Crippen molar-refractivity contribution in [1.82, 2.24) is 34.3 Å². The maximum atomic E-state index is 12.0. The van der Waals surface area contributed by atoms with Crippen LogP contribution in [0, 0.1) is 6.92 Å². The largest absolute Gasteiger partial charge is 0.504 e. The molecule has 11 aliphatic heterocycles. The Labute approximate surface area is 769 Å². The van der Waals surface area contributed by atoms with E-state index in [4.69, 9.17) is 48.1 Å². The fourth-order valence-electron chi connectivity index (χ4n) is 20.5. The summed E-state index contributed by atoms with van der Waals surface area (Å²) in [7, 11) is 13.1. The van der Waals surface area contributed by atoms with E-state index in [-0.39, 0.29) is 67.4 Å². The van der Waals surface area contributed by atoms with Gasteiger partial charge in [0.05, 0.1) is 75.1 Å². The highest BCUT2D eigenvalue weighted by molar-refractivity contribution is 7.13. The number of aliphatic carboxylic acids is 1. The number of benzene rings is 5. The van der Waals surface area contributed by atoms with E-state index in [1.807, 2.05) is 77.3 Å². The van der Waals surface area contributed by atoms with Crippen LogP contribution in [0.3, 0.4) is 0 Å². The lowest BCUT2D eigenvalue weighted by Gasteiger charge is -2.40. The van der Waals surface area contributed by atoms with Gasteiger partial charge in [-0.05, 0) is 208 Å². The topological polar surface area (TPSA) is 269 Å². The average Bonchev–Trinajstić information content (AvgIpc) is 1.47. The number of amides is 1. The van der Waals surface area contributed by atoms with Crippen molar-refractivity contribution in [1.29, 1.82) is 0 Å². The summed E-state index contributed by atoms with van der Waals surface area (Å²) < 4.78 is 43.2. The lowest BCUT2D eigenvalue weighted by atomic mass is 9.86. The summed E-state index contributed by atoms with van der Waals surface area (Å²) in [5.74, 6) is 3.97. The molecule has 10 aromatic rings. The highest BCUT2D eigenvalue weighted by atomic mass is 32.1. The van der Waals surface area contributed by atoms with Crippen LogP contribution < -0.4 is 28.4 Å². The zero-order valence-corrected chi connectivity index (χ0v) is 77.9. The quantitative estimate of drug-likeness (QED) is 0.0463. The minimum absolute atomic E-state index is 0. The first-order chi connectivity index (χ1) is 61.5. The third-order valence-corrected chi connectivity index (χ3v) is 32.9. The van der Waals surface area contributed by atoms with Crippen molar-refractivity contribution in [2.24, 2.45) is 0 Å². The van der Waals surface area contributed by atoms with Crippen molar-refractivity contribution in [3.05, 3.63) is 223 Å². The molecular weight excluding hydrogens is 1720 g/mol. The molecule has 0 aliphatic carbocycles. The number of esters is 1. The SMILES string of the molecule is C.COC(=O)Cc1cc2c(s1)C[C@H]1c3cc(O)c(OC)cc3CCN1C2.COc1c(OCCN2CCOCC2)ccc2c1CN1CCc3sc(C)cc3[C@@H]1C2.COc1cc2c(cc1O)[C@@H]1Cc3sc(CC(=O)N(C)C)cc3CN1CC2.COc1cc2c(cc1O)[C@@H]1Cc3sc(CC(=O)O)cc3CN1CC2.COc1cc2c(cc1O)[C@@H]1Cc3sc(CCO)cc3CN1CC2. The number of fused-ring (bicyclic) bond motifs is 20. The molecule has 0 radical (unpaired) electrons. The second-order valence-corrected chi connectivity index (χ2v) is 41.0. The van der Waals surface area contributed by atoms with E-state index < -0.39 is 5.97 Å². The molecule has 682 valence electrons. The molecule has 29 heteroatoms. The first-order valence-electron chi connectivity index (χ1n) is 44.0. The molecule has 5 atom stereocenters. The molecule has 16 heterocycles. The van der Waals surface area contributed by atoms with Gasteiger partial charge in [-0.3, -0.25) is 43.8 Å². The number of phenols is 4. The Balaban J connectivity index is 0.000000117. The first-order valence-corrected chi connectivity index (χ1v) is 48.1. The molecule has 0 unspecified atom stereocenters. The van der Waals surface area contributed by atoms with Crippen molar-refractivity contribution in [3.8, 4) is 57.5 Å². The Hall–Kier alpha value is -9.31. The third kappa shape index (κ3) is 19.7. The average molecular weight is 1840 g/mol. The number of phenolic OH excluding ortho intramolecular Hbond substituents is 4. The van der Waals surface area contributed by atoms with Crippen LogP contribution in [0.2, 0.25) is 0 Å². The molecule has 1 fully saturated rings. The Bertz CT molecular complexity index is 5710. The number of aliphatic hydroxyl groups is 1. The summed E-state index contributed by atoms with van der Waals surface area (Å²) in [5, 5.41) is 58.9. The number of aliphatic hydroxyl groups excluding tert-OH is 1. The van der Waals surface area contributed by atoms with Crippen LogP contribution in [-0.2, 0) is 146 Å². The Morgan fingerprint density at radius 2 is 0.828 bits per heavy atom. The number of likely N-dealkylation sites (N-methyl/N-ethyl adjacent to an activating group) is 1. The summed E-state index contributed by atoms with van der Waals surface area (Å²) in [4.78, 5) is 63.9. The summed E-state index contributed by atoms with van der Waals surface area (Å²) in [5.41, 5.74) is 19.5. The van der Waals surface area contributed by atoms with Gasteiger partial charge in [0, 0.05) is 222 Å². The maximum absolute atomic E-state index is 12.0. The maximum Gasteiger partial charge on any atom is 0.310 e. The number of carboxylic acid groups (broad SMARTS) is 1. The van der Waals surface area contributed by atoms with E-state index in [0.717, 1.165) is 195 Å². The van der Waals surface area contributed by atoms with Gasteiger partial charge in [-0.2, -0.15) is 0 Å². The van der Waals surface area contributed by atoms with E-state index in [1.165, 1.54) is 114 Å². The second-order valence-electron chi connectivity index (χ2n) is 34.8. The van der Waals surface area contributed by atoms with Gasteiger partial charge in [-0.15, -0.1) is 56.7 Å². The predicted octanol–water partition coefficient (Wildman–Crippen LogP) is 15.0. The number of carbonyl (C=O) groups excluding carboxylic acids is 2. The number of aromatic hydroxyl groups is 4. The fourth-order valence-corrected chi connectivity index (χ4v) is 26.4. The minimum atomic E-state index is -0.784. The number of aryl methyl sites for hydroxylation is 1. The molecule has 5 aromatic carbocycles. The zero-order valence-electron chi connectivity index (χ0n) is 73.8. The summed E-state index contributed by atoms with van der Waals surface area (Å²) >= 11 is 8.88. The molecule has 1 amide bonds. The number of carboxylic acids is 1. The molecule has 21 rings (SSSR count). The number of hydrogen-bond acceptors (Lipinski definition) is 27. The van der Waals surface area contributed by atoms with E-state index in [1.54, 1.807) is 99.0 Å². The minimum Gasteiger partial charge on any atom is -0.504 e. The van der Waals surface area contributed by atoms with Crippen molar-refractivity contribution in [2.75, 3.05) is 136 Å². The molecule has 5 aromatic heterocycles. The van der Waals surface area contributed by atoms with Gasteiger partial charge in [0.25, 0.3) is 0 Å². The number of thiophene rings is 5. The molecule has 128 heavy (non-hydrogen) atoms. The van der Waals surface area contributed by atoms with Crippen LogP contribution in [0.5, 0.6) is 57.5 Å². The van der Waals surface area contributed by atoms with Gasteiger partial charge in [0.1, 0.15) is 6.61 Å². The first kappa shape index (κ1) is 92.0. The van der Waals surface area contributed by atoms with Crippen molar-refractivity contribution < 1.29 is 82.9 Å². The predicted molar refractivity (Wildman–Crippen MR) is 500 cm³/mol. The van der Waals surface area contributed by atoms with E-state index in [2.05, 4.69) is 72.7 Å². The monoisotopic (exact) mass is 1840 g/mol. The van der Waals surface area contributed by atoms with Crippen molar-refractivity contribution in [3.63, 3.8) is 0 Å². The molecular formula is C99H119N7O17S5. The van der Waals surface area contributed by atoms with Gasteiger partial charge in [-0.25, -0.2) is 0 Å². The van der Waals surface area contributed by atoms with E-state index in [9.17, 15) is 34.8 Å². The molecule has 0 bridgehead atoms. The number of hydrogen-bond donors (Lipinski definition) is 6. The highest BCUT2D eigenvalue weighted by Gasteiger charge is 2.41. The number of methoxy groups -OCH3 is 6. The lowest BCUT2D eigenvalue weighted by molar-refractivity contribution is -0.140. The summed E-state index contributed by atoms with van der Waals surface area (Å²) in [6.45, 7) is 17.4. The molecule has 6 N–H and O–H groups in total. The van der Waals surface area contributed by atoms with E-state index >= 15 is 0 Å². The van der Waals surface area contributed by atoms with Crippen LogP contribution >= 0.6 is 56.7 Å².